The molecular formula is C56H51BrO11. The van der Waals surface area contributed by atoms with E-state index < -0.39 is 11.9 Å². The van der Waals surface area contributed by atoms with E-state index in [1.165, 1.54) is 0 Å². The summed E-state index contributed by atoms with van der Waals surface area (Å²) in [4.78, 5) is 23.1. The zero-order chi connectivity index (χ0) is 48.7. The summed E-state index contributed by atoms with van der Waals surface area (Å²) >= 11 is 3.00. The van der Waals surface area contributed by atoms with Gasteiger partial charge in [-0.05, 0) is 188 Å². The predicted octanol–water partition coefficient (Wildman–Crippen LogP) is 11.8. The number of benzene rings is 9. The van der Waals surface area contributed by atoms with Crippen LogP contribution in [0.3, 0.4) is 0 Å². The van der Waals surface area contributed by atoms with Crippen LogP contribution in [0.25, 0.3) is 64.6 Å². The van der Waals surface area contributed by atoms with E-state index in [4.69, 9.17) is 29.2 Å². The maximum Gasteiger partial charge on any atom is 0.338 e. The number of esters is 2. The van der Waals surface area contributed by atoms with Crippen molar-refractivity contribution in [1.29, 1.82) is 0 Å². The van der Waals surface area contributed by atoms with E-state index >= 15 is 0 Å². The van der Waals surface area contributed by atoms with Gasteiger partial charge in [-0.15, -0.1) is 0 Å². The second kappa shape index (κ2) is 23.7. The highest BCUT2D eigenvalue weighted by Crippen LogP contribution is 2.31. The van der Waals surface area contributed by atoms with Gasteiger partial charge >= 0.3 is 11.9 Å². The van der Waals surface area contributed by atoms with E-state index in [-0.39, 0.29) is 43.7 Å². The van der Waals surface area contributed by atoms with Gasteiger partial charge in [-0.2, -0.15) is 0 Å². The number of alkyl halides is 1. The molecule has 0 aliphatic rings. The number of phenolic OH excluding ortho intramolecular Hbond substituents is 3. The highest BCUT2D eigenvalue weighted by Gasteiger charge is 2.09. The van der Waals surface area contributed by atoms with Gasteiger partial charge in [-0.25, -0.2) is 9.59 Å². The van der Waals surface area contributed by atoms with Gasteiger partial charge in [-0.3, -0.25) is 0 Å². The van der Waals surface area contributed by atoms with Gasteiger partial charge < -0.3 is 44.5 Å². The highest BCUT2D eigenvalue weighted by molar-refractivity contribution is 9.09. The summed E-state index contributed by atoms with van der Waals surface area (Å²) in [6.07, 6.45) is 0. The second-order valence-electron chi connectivity index (χ2n) is 15.6. The van der Waals surface area contributed by atoms with Crippen molar-refractivity contribution in [2.24, 2.45) is 0 Å². The number of aliphatic hydroxyl groups excluding tert-OH is 2. The van der Waals surface area contributed by atoms with Crippen LogP contribution >= 0.6 is 15.9 Å². The monoisotopic (exact) mass is 978 g/mol. The van der Waals surface area contributed by atoms with E-state index in [9.17, 15) is 24.9 Å². The van der Waals surface area contributed by atoms with Gasteiger partial charge in [0.25, 0.3) is 0 Å². The van der Waals surface area contributed by atoms with Crippen LogP contribution in [0.1, 0.15) is 13.8 Å². The summed E-state index contributed by atoms with van der Waals surface area (Å²) in [6, 6.07) is 45.1. The molecular weight excluding hydrogens is 929 g/mol. The maximum atomic E-state index is 11.7. The lowest BCUT2D eigenvalue weighted by atomic mass is 10.0. The number of hydrogen-bond acceptors (Lipinski definition) is 11. The molecule has 348 valence electrons. The molecule has 0 radical (unpaired) electrons. The average molecular weight is 980 g/mol. The van der Waals surface area contributed by atoms with Gasteiger partial charge in [-0.1, -0.05) is 65.5 Å². The number of carbonyl (C=O) groups is 2. The van der Waals surface area contributed by atoms with E-state index in [0.717, 1.165) is 70.4 Å². The number of aromatic hydroxyl groups is 3. The lowest BCUT2D eigenvalue weighted by molar-refractivity contribution is -0.139. The largest absolute Gasteiger partial charge is 0.508 e. The van der Waals surface area contributed by atoms with Crippen LogP contribution in [0.5, 0.6) is 34.5 Å². The fraction of sp³-hybridized carbons (Fsp3) is 0.143. The fourth-order valence-corrected chi connectivity index (χ4v) is 6.91. The van der Waals surface area contributed by atoms with Gasteiger partial charge in [0.15, 0.2) is 0 Å². The van der Waals surface area contributed by atoms with Gasteiger partial charge in [0.1, 0.15) is 54.3 Å². The molecule has 0 unspecified atom stereocenters. The van der Waals surface area contributed by atoms with Crippen molar-refractivity contribution in [2.45, 2.75) is 13.8 Å². The Morgan fingerprint density at radius 2 is 0.750 bits per heavy atom. The molecule has 0 spiro atoms. The third-order valence-electron chi connectivity index (χ3n) is 10.2. The molecule has 0 aliphatic carbocycles. The molecule has 11 nitrogen and oxygen atoms in total. The first kappa shape index (κ1) is 49.8. The van der Waals surface area contributed by atoms with Crippen molar-refractivity contribution in [3.63, 3.8) is 0 Å². The summed E-state index contributed by atoms with van der Waals surface area (Å²) in [5.74, 6) is 1.86. The lowest BCUT2D eigenvalue weighted by Crippen LogP contribution is -2.12. The maximum absolute atomic E-state index is 11.7. The van der Waals surface area contributed by atoms with Crippen LogP contribution in [0.15, 0.2) is 170 Å². The first-order chi connectivity index (χ1) is 32.7. The molecule has 0 atom stereocenters. The Morgan fingerprint density at radius 3 is 1.10 bits per heavy atom. The minimum atomic E-state index is -0.444. The molecule has 0 bridgehead atoms. The molecule has 9 aromatic rings. The van der Waals surface area contributed by atoms with Crippen LogP contribution in [-0.4, -0.2) is 75.8 Å². The predicted molar refractivity (Wildman–Crippen MR) is 275 cm³/mol. The second-order valence-corrected chi connectivity index (χ2v) is 16.4. The minimum Gasteiger partial charge on any atom is -0.508 e. The van der Waals surface area contributed by atoms with Crippen molar-refractivity contribution < 1.29 is 54.1 Å². The number of ether oxygens (including phenoxy) is 4. The molecule has 0 fully saturated rings. The number of phenols is 3. The summed E-state index contributed by atoms with van der Waals surface area (Å²) < 4.78 is 21.4. The van der Waals surface area contributed by atoms with Gasteiger partial charge in [0.2, 0.25) is 0 Å². The Kier molecular flexibility index (Phi) is 17.4. The quantitative estimate of drug-likeness (QED) is 0.0209. The van der Waals surface area contributed by atoms with Gasteiger partial charge in [0.05, 0.1) is 13.2 Å². The fourth-order valence-electron chi connectivity index (χ4n) is 6.91. The van der Waals surface area contributed by atoms with Crippen LogP contribution in [0.4, 0.5) is 0 Å². The first-order valence-electron chi connectivity index (χ1n) is 21.5. The lowest BCUT2D eigenvalue weighted by Gasteiger charge is -2.10. The van der Waals surface area contributed by atoms with Crippen LogP contribution < -0.4 is 14.2 Å². The van der Waals surface area contributed by atoms with E-state index in [2.05, 4.69) is 35.2 Å². The number of carbonyl (C=O) groups excluding carboxylic acids is 2. The van der Waals surface area contributed by atoms with Crippen LogP contribution in [-0.2, 0) is 14.3 Å². The molecule has 0 aromatic heterocycles. The molecule has 9 aromatic carbocycles. The topological polar surface area (TPSA) is 172 Å². The average Bonchev–Trinajstić information content (AvgIpc) is 3.33. The standard InChI is InChI=1S/C24H22O5.C16H14O3.C14H10O2.C2H5BrO/c1-15(2)23(25)28-10-9-27-21-7-5-17-12-20-14-22(29-24(26)16(3)4)8-6-18(20)11-19(17)13-21;17-5-6-19-16-4-2-12-7-13-9-15(18)3-1-11(13)8-14(12)10-16;15-13-3-1-9-5-12-8-14(16)4-2-10(12)6-11(9)7-13;3-1-2-4/h5-8,11-14H,1,3,9-10H2,2,4H3;1-4,7-10,17-18H,5-6H2;1-8,15-16H;4H,1-2H2. The number of rotatable bonds is 11. The molecule has 68 heavy (non-hydrogen) atoms. The third-order valence-corrected chi connectivity index (χ3v) is 10.5. The van der Waals surface area contributed by atoms with Crippen LogP contribution in [0, 0.1) is 0 Å². The number of hydrogen-bond donors (Lipinski definition) is 5. The molecule has 0 aliphatic heterocycles. The Morgan fingerprint density at radius 1 is 0.426 bits per heavy atom. The molecule has 0 heterocycles. The molecule has 9 rings (SSSR count). The summed E-state index contributed by atoms with van der Waals surface area (Å²) in [5.41, 5.74) is 0.714. The van der Waals surface area contributed by atoms with E-state index in [1.807, 2.05) is 97.1 Å². The van der Waals surface area contributed by atoms with E-state index in [1.54, 1.807) is 56.3 Å². The highest BCUT2D eigenvalue weighted by atomic mass is 79.9. The minimum absolute atomic E-state index is 0.00896. The molecule has 0 saturated carbocycles. The smallest absolute Gasteiger partial charge is 0.338 e. The van der Waals surface area contributed by atoms with Crippen molar-refractivity contribution in [3.8, 4) is 34.5 Å². The molecule has 5 N–H and O–H groups in total. The Bertz CT molecular complexity index is 3210. The van der Waals surface area contributed by atoms with Gasteiger partial charge in [0, 0.05) is 16.5 Å². The zero-order valence-corrected chi connectivity index (χ0v) is 39.2. The summed E-state index contributed by atoms with van der Waals surface area (Å²) in [7, 11) is 0. The molecule has 0 amide bonds. The van der Waals surface area contributed by atoms with E-state index in [0.29, 0.717) is 34.6 Å². The van der Waals surface area contributed by atoms with Crippen molar-refractivity contribution >= 4 is 92.5 Å². The molecule has 0 saturated heterocycles. The SMILES string of the molecule is C=C(C)C(=O)OCCOc1ccc2cc3cc(OC(=O)C(=C)C)ccc3cc2c1.OCCBr.OCCOc1ccc2cc3cc(O)ccc3cc2c1.Oc1ccc2cc3cc(O)ccc3cc2c1. The summed E-state index contributed by atoms with van der Waals surface area (Å²) in [6.45, 7) is 11.3. The Balaban J connectivity index is 0.000000169. The van der Waals surface area contributed by atoms with Crippen molar-refractivity contribution in [3.05, 3.63) is 170 Å². The van der Waals surface area contributed by atoms with Crippen LogP contribution in [0.2, 0.25) is 0 Å². The Hall–Kier alpha value is -7.64. The number of aliphatic hydroxyl groups is 2. The number of fused-ring (bicyclic) bond motifs is 6. The van der Waals surface area contributed by atoms with Crippen molar-refractivity contribution in [2.75, 3.05) is 38.4 Å². The Labute approximate surface area is 401 Å². The molecule has 12 heteroatoms. The third kappa shape index (κ3) is 13.7. The normalized spacial score (nSPS) is 10.6. The summed E-state index contributed by atoms with van der Waals surface area (Å²) in [5, 5.41) is 58.0. The van der Waals surface area contributed by atoms with Crippen molar-refractivity contribution in [1.82, 2.24) is 0 Å². The zero-order valence-electron chi connectivity index (χ0n) is 37.6. The number of halogens is 1. The first-order valence-corrected chi connectivity index (χ1v) is 22.6.